The Morgan fingerprint density at radius 2 is 2.07 bits per heavy atom. The number of aromatic amines is 1. The highest BCUT2D eigenvalue weighted by atomic mass is 32.2. The van der Waals surface area contributed by atoms with Crippen molar-refractivity contribution in [2.24, 2.45) is 0 Å². The number of ether oxygens (including phenoxy) is 2. The molecule has 1 aliphatic rings. The number of H-pyrrole nitrogens is 1. The monoisotopic (exact) mass is 432 g/mol. The normalized spacial score (nSPS) is 14.1. The van der Waals surface area contributed by atoms with Gasteiger partial charge in [-0.05, 0) is 31.5 Å². The molecule has 1 atom stereocenters. The summed E-state index contributed by atoms with van der Waals surface area (Å²) in [6.07, 6.45) is 2.23. The highest BCUT2D eigenvalue weighted by Crippen LogP contribution is 2.33. The van der Waals surface area contributed by atoms with Crippen molar-refractivity contribution in [1.82, 2.24) is 4.98 Å². The lowest BCUT2D eigenvalue weighted by molar-refractivity contribution is -0.121. The van der Waals surface area contributed by atoms with E-state index in [1.807, 2.05) is 13.8 Å². The number of carbonyl (C=O) groups is 2. The van der Waals surface area contributed by atoms with Crippen LogP contribution in [0.4, 0.5) is 5.69 Å². The van der Waals surface area contributed by atoms with E-state index in [4.69, 9.17) is 9.47 Å². The Labute approximate surface area is 176 Å². The summed E-state index contributed by atoms with van der Waals surface area (Å²) >= 11 is 0. The molecule has 8 nitrogen and oxygen atoms in total. The minimum Gasteiger partial charge on any atom is -0.488 e. The van der Waals surface area contributed by atoms with Crippen LogP contribution in [0.3, 0.4) is 0 Å². The molecule has 0 bridgehead atoms. The number of rotatable bonds is 9. The molecule has 0 saturated heterocycles. The maximum Gasteiger partial charge on any atom is 0.265 e. The molecule has 1 N–H and O–H groups in total. The second-order valence-electron chi connectivity index (χ2n) is 6.80. The molecule has 3 rings (SSSR count). The molecule has 2 heterocycles. The van der Waals surface area contributed by atoms with E-state index in [0.29, 0.717) is 35.8 Å². The van der Waals surface area contributed by atoms with E-state index < -0.39 is 10.8 Å². The molecule has 1 aromatic heterocycles. The molecular formula is C21H24N2O6S. The van der Waals surface area contributed by atoms with Gasteiger partial charge in [0.1, 0.15) is 5.75 Å². The van der Waals surface area contributed by atoms with Crippen LogP contribution in [0.2, 0.25) is 0 Å². The van der Waals surface area contributed by atoms with Crippen molar-refractivity contribution in [3.05, 3.63) is 51.9 Å². The molecule has 0 saturated carbocycles. The highest BCUT2D eigenvalue weighted by molar-refractivity contribution is 7.85. The number of Topliss-reactive ketones (excluding diaryl/α,β-unsaturated/α-hetero) is 1. The second-order valence-corrected chi connectivity index (χ2v) is 8.25. The lowest BCUT2D eigenvalue weighted by Gasteiger charge is -2.28. The van der Waals surface area contributed by atoms with Gasteiger partial charge in [0, 0.05) is 40.9 Å². The quantitative estimate of drug-likeness (QED) is 0.608. The van der Waals surface area contributed by atoms with Crippen LogP contribution in [0.15, 0.2) is 35.3 Å². The molecule has 0 radical (unpaired) electrons. The number of aromatic nitrogens is 1. The zero-order valence-electron chi connectivity index (χ0n) is 16.9. The number of ketones is 1. The first-order valence-corrected chi connectivity index (χ1v) is 11.2. The number of benzene rings is 1. The molecule has 1 amide bonds. The summed E-state index contributed by atoms with van der Waals surface area (Å²) in [7, 11) is -1.51. The van der Waals surface area contributed by atoms with Crippen LogP contribution in [-0.2, 0) is 21.3 Å². The third-order valence-electron chi connectivity index (χ3n) is 4.55. The first-order chi connectivity index (χ1) is 14.4. The first-order valence-electron chi connectivity index (χ1n) is 9.72. The number of nitrogens with one attached hydrogen (secondary N) is 1. The SMILES string of the molecule is CCCOc1c[nH]c(CS(=O)CC(=O)c2ccc3c(c2)N(CC)C(=O)CO3)cc1=O. The molecule has 1 aromatic carbocycles. The summed E-state index contributed by atoms with van der Waals surface area (Å²) in [5.41, 5.74) is 1.07. The Morgan fingerprint density at radius 3 is 2.77 bits per heavy atom. The lowest BCUT2D eigenvalue weighted by atomic mass is 10.1. The van der Waals surface area contributed by atoms with Gasteiger partial charge in [-0.15, -0.1) is 0 Å². The molecular weight excluding hydrogens is 408 g/mol. The summed E-state index contributed by atoms with van der Waals surface area (Å²) in [4.78, 5) is 41.1. The topological polar surface area (TPSA) is 106 Å². The van der Waals surface area contributed by atoms with Crippen LogP contribution >= 0.6 is 0 Å². The Morgan fingerprint density at radius 1 is 1.27 bits per heavy atom. The summed E-state index contributed by atoms with van der Waals surface area (Å²) in [6, 6.07) is 6.18. The number of pyridine rings is 1. The van der Waals surface area contributed by atoms with Crippen molar-refractivity contribution >= 4 is 28.2 Å². The van der Waals surface area contributed by atoms with Gasteiger partial charge >= 0.3 is 0 Å². The van der Waals surface area contributed by atoms with Crippen molar-refractivity contribution in [2.45, 2.75) is 26.0 Å². The fourth-order valence-electron chi connectivity index (χ4n) is 3.08. The molecule has 2 aromatic rings. The minimum absolute atomic E-state index is 0.0291. The average Bonchev–Trinajstić information content (AvgIpc) is 2.72. The van der Waals surface area contributed by atoms with Gasteiger partial charge < -0.3 is 19.4 Å². The predicted octanol–water partition coefficient (Wildman–Crippen LogP) is 2.04. The van der Waals surface area contributed by atoms with Crippen LogP contribution in [0.1, 0.15) is 36.3 Å². The molecule has 1 aliphatic heterocycles. The van der Waals surface area contributed by atoms with Gasteiger partial charge in [-0.2, -0.15) is 0 Å². The summed E-state index contributed by atoms with van der Waals surface area (Å²) in [5.74, 6) is 0.119. The number of amides is 1. The molecule has 1 unspecified atom stereocenters. The maximum atomic E-state index is 12.6. The smallest absolute Gasteiger partial charge is 0.265 e. The molecule has 0 spiro atoms. The van der Waals surface area contributed by atoms with Gasteiger partial charge in [0.05, 0.1) is 23.8 Å². The largest absolute Gasteiger partial charge is 0.488 e. The zero-order valence-corrected chi connectivity index (χ0v) is 17.8. The molecule has 30 heavy (non-hydrogen) atoms. The van der Waals surface area contributed by atoms with E-state index in [1.54, 1.807) is 23.1 Å². The van der Waals surface area contributed by atoms with Crippen LogP contribution in [0.25, 0.3) is 0 Å². The fraction of sp³-hybridized carbons (Fsp3) is 0.381. The van der Waals surface area contributed by atoms with Crippen LogP contribution < -0.4 is 19.8 Å². The highest BCUT2D eigenvalue weighted by Gasteiger charge is 2.25. The van der Waals surface area contributed by atoms with Crippen molar-refractivity contribution in [2.75, 3.05) is 30.4 Å². The van der Waals surface area contributed by atoms with Gasteiger partial charge in [0.15, 0.2) is 18.1 Å². The van der Waals surface area contributed by atoms with Crippen molar-refractivity contribution in [3.8, 4) is 11.5 Å². The van der Waals surface area contributed by atoms with Crippen molar-refractivity contribution in [1.29, 1.82) is 0 Å². The molecule has 0 fully saturated rings. The fourth-order valence-corrected chi connectivity index (χ4v) is 4.16. The Hall–Kier alpha value is -2.94. The first kappa shape index (κ1) is 21.8. The third-order valence-corrected chi connectivity index (χ3v) is 5.76. The van der Waals surface area contributed by atoms with Gasteiger partial charge in [-0.25, -0.2) is 0 Å². The van der Waals surface area contributed by atoms with Gasteiger partial charge in [-0.3, -0.25) is 18.6 Å². The summed E-state index contributed by atoms with van der Waals surface area (Å²) in [6.45, 7) is 4.66. The maximum absolute atomic E-state index is 12.6. The summed E-state index contributed by atoms with van der Waals surface area (Å²) in [5, 5.41) is 0. The van der Waals surface area contributed by atoms with Gasteiger partial charge in [-0.1, -0.05) is 6.92 Å². The summed E-state index contributed by atoms with van der Waals surface area (Å²) < 4.78 is 23.2. The Balaban J connectivity index is 1.67. The molecule has 0 aliphatic carbocycles. The van der Waals surface area contributed by atoms with E-state index >= 15 is 0 Å². The van der Waals surface area contributed by atoms with E-state index in [9.17, 15) is 18.6 Å². The number of anilines is 1. The lowest BCUT2D eigenvalue weighted by Crippen LogP contribution is -2.38. The molecule has 160 valence electrons. The number of hydrogen-bond donors (Lipinski definition) is 1. The minimum atomic E-state index is -1.51. The third kappa shape index (κ3) is 4.96. The average molecular weight is 432 g/mol. The molecule has 9 heteroatoms. The predicted molar refractivity (Wildman–Crippen MR) is 114 cm³/mol. The standard InChI is InChI=1S/C21H24N2O6S/c1-3-7-28-20-10-22-15(9-17(20)24)12-30(27)13-18(25)14-5-6-19-16(8-14)23(4-2)21(26)11-29-19/h5-6,8-10H,3-4,7,11-13H2,1-2H3,(H,22,24). The Bertz CT molecular complexity index is 1030. The Kier molecular flexibility index (Phi) is 7.04. The number of hydrogen-bond acceptors (Lipinski definition) is 6. The number of carbonyl (C=O) groups excluding carboxylic acids is 2. The second kappa shape index (κ2) is 9.71. The van der Waals surface area contributed by atoms with E-state index in [0.717, 1.165) is 6.42 Å². The van der Waals surface area contributed by atoms with E-state index in [-0.39, 0.29) is 41.0 Å². The van der Waals surface area contributed by atoms with Crippen LogP contribution in [0.5, 0.6) is 11.5 Å². The number of likely N-dealkylation sites (N-methyl/N-ethyl adjacent to an activating group) is 1. The van der Waals surface area contributed by atoms with Crippen molar-refractivity contribution in [3.63, 3.8) is 0 Å². The number of nitrogens with zero attached hydrogens (tertiary/aromatic N) is 1. The van der Waals surface area contributed by atoms with Gasteiger partial charge in [0.25, 0.3) is 5.91 Å². The van der Waals surface area contributed by atoms with Crippen molar-refractivity contribution < 1.29 is 23.3 Å². The van der Waals surface area contributed by atoms with Gasteiger partial charge in [0.2, 0.25) is 5.43 Å². The van der Waals surface area contributed by atoms with Crippen LogP contribution in [-0.4, -0.2) is 46.4 Å². The van der Waals surface area contributed by atoms with E-state index in [1.165, 1.54) is 12.3 Å². The van der Waals surface area contributed by atoms with E-state index in [2.05, 4.69) is 4.98 Å². The zero-order chi connectivity index (χ0) is 21.7. The number of fused-ring (bicyclic) bond motifs is 1. The van der Waals surface area contributed by atoms with Crippen LogP contribution in [0, 0.1) is 0 Å².